The lowest BCUT2D eigenvalue weighted by molar-refractivity contribution is 0.630. The van der Waals surface area contributed by atoms with E-state index in [1.54, 1.807) is 0 Å². The average Bonchev–Trinajstić information content (AvgIpc) is 3.76. The first-order valence-electron chi connectivity index (χ1n) is 18.0. The largest absolute Gasteiger partial charge is 0.455 e. The zero-order valence-corrected chi connectivity index (χ0v) is 29.2. The van der Waals surface area contributed by atoms with Crippen molar-refractivity contribution in [3.63, 3.8) is 0 Å². The van der Waals surface area contributed by atoms with Crippen molar-refractivity contribution in [3.8, 4) is 51.0 Å². The smallest absolute Gasteiger partial charge is 0.164 e. The molecular weight excluding hydrogens is 649 g/mol. The highest BCUT2D eigenvalue weighted by molar-refractivity contribution is 6.15. The fraction of sp³-hybridized carbons (Fsp3) is 0.0625. The minimum absolute atomic E-state index is 0.201. The predicted octanol–water partition coefficient (Wildman–Crippen LogP) is 12.2. The maximum atomic E-state index is 6.85. The molecule has 5 heteroatoms. The van der Waals surface area contributed by atoms with Gasteiger partial charge in [0.1, 0.15) is 11.2 Å². The number of hydrogen-bond acceptors (Lipinski definition) is 4. The molecule has 0 saturated heterocycles. The lowest BCUT2D eigenvalue weighted by Gasteiger charge is -2.35. The van der Waals surface area contributed by atoms with Gasteiger partial charge in [0.25, 0.3) is 0 Å². The van der Waals surface area contributed by atoms with Gasteiger partial charge >= 0.3 is 0 Å². The summed E-state index contributed by atoms with van der Waals surface area (Å²) < 4.78 is 9.31. The van der Waals surface area contributed by atoms with Gasteiger partial charge in [-0.3, -0.25) is 0 Å². The lowest BCUT2D eigenvalue weighted by Crippen LogP contribution is -2.26. The molecule has 0 atom stereocenters. The van der Waals surface area contributed by atoms with E-state index < -0.39 is 0 Å². The zero-order chi connectivity index (χ0) is 35.3. The van der Waals surface area contributed by atoms with Crippen LogP contribution >= 0.6 is 0 Å². The van der Waals surface area contributed by atoms with E-state index >= 15 is 0 Å². The first-order valence-corrected chi connectivity index (χ1v) is 18.0. The Balaban J connectivity index is 1.11. The number of hydrogen-bond donors (Lipinski definition) is 0. The van der Waals surface area contributed by atoms with Crippen LogP contribution in [-0.2, 0) is 5.41 Å². The van der Waals surface area contributed by atoms with Crippen LogP contribution in [0.4, 0.5) is 0 Å². The molecule has 1 aliphatic heterocycles. The van der Waals surface area contributed by atoms with Crippen LogP contribution in [0.2, 0.25) is 0 Å². The molecule has 0 fully saturated rings. The summed E-state index contributed by atoms with van der Waals surface area (Å²) in [7, 11) is 0. The van der Waals surface area contributed by atoms with Crippen molar-refractivity contribution in [1.82, 2.24) is 19.5 Å². The van der Waals surface area contributed by atoms with E-state index in [1.165, 1.54) is 38.6 Å². The number of fused-ring (bicyclic) bond motifs is 8. The van der Waals surface area contributed by atoms with Gasteiger partial charge in [-0.05, 0) is 53.1 Å². The van der Waals surface area contributed by atoms with Crippen LogP contribution in [0.1, 0.15) is 25.0 Å². The SMILES string of the molecule is CC1(C)c2ccccc2-n2c3ccccc3c3cc(-c4cccc5c4oc4cc(-c6nc(-c7ccccc7)nc(-c7ccccc7)n6)ccc45)cc1c32. The highest BCUT2D eigenvalue weighted by atomic mass is 16.3. The first kappa shape index (κ1) is 29.8. The summed E-state index contributed by atoms with van der Waals surface area (Å²) in [5.74, 6) is 1.86. The first-order chi connectivity index (χ1) is 26.0. The van der Waals surface area contributed by atoms with Crippen molar-refractivity contribution < 1.29 is 4.42 Å². The Morgan fingerprint density at radius 1 is 0.472 bits per heavy atom. The molecule has 0 N–H and O–H groups in total. The molecule has 0 aliphatic carbocycles. The summed E-state index contributed by atoms with van der Waals surface area (Å²) in [5.41, 5.74) is 12.8. The molecule has 0 amide bonds. The maximum Gasteiger partial charge on any atom is 0.164 e. The Labute approximate surface area is 305 Å². The maximum absolute atomic E-state index is 6.85. The van der Waals surface area contributed by atoms with Gasteiger partial charge in [-0.2, -0.15) is 0 Å². The molecule has 0 saturated carbocycles. The van der Waals surface area contributed by atoms with Gasteiger partial charge < -0.3 is 8.98 Å². The molecule has 0 spiro atoms. The van der Waals surface area contributed by atoms with E-state index in [9.17, 15) is 0 Å². The second-order valence-corrected chi connectivity index (χ2v) is 14.4. The quantitative estimate of drug-likeness (QED) is 0.186. The van der Waals surface area contributed by atoms with E-state index in [4.69, 9.17) is 19.4 Å². The number of benzene rings is 7. The number of aromatic nitrogens is 4. The van der Waals surface area contributed by atoms with Crippen LogP contribution < -0.4 is 0 Å². The third kappa shape index (κ3) is 4.40. The Bertz CT molecular complexity index is 3020. The number of rotatable bonds is 4. The number of furan rings is 1. The standard InChI is InChI=1S/C48H32N4O/c1-48(2)38-21-10-12-23-41(38)52-40-22-11-9-18-34(40)37-26-32(27-39(48)43(37)52)33-19-13-20-36-35-25-24-31(28-42(35)53-44(33)36)47-50-45(29-14-5-3-6-15-29)49-46(51-47)30-16-7-4-8-17-30/h3-28H,1-2H3. The van der Waals surface area contributed by atoms with E-state index in [1.807, 2.05) is 60.7 Å². The van der Waals surface area contributed by atoms with Crippen molar-refractivity contribution in [2.24, 2.45) is 0 Å². The fourth-order valence-electron chi connectivity index (χ4n) is 8.42. The predicted molar refractivity (Wildman–Crippen MR) is 215 cm³/mol. The third-order valence-corrected chi connectivity index (χ3v) is 11.0. The van der Waals surface area contributed by atoms with Crippen molar-refractivity contribution in [2.45, 2.75) is 19.3 Å². The average molecular weight is 681 g/mol. The molecule has 5 nitrogen and oxygen atoms in total. The van der Waals surface area contributed by atoms with E-state index in [2.05, 4.69) is 115 Å². The molecule has 1 aliphatic rings. The van der Waals surface area contributed by atoms with Crippen molar-refractivity contribution in [2.75, 3.05) is 0 Å². The molecule has 10 aromatic rings. The lowest BCUT2D eigenvalue weighted by atomic mass is 9.74. The molecular formula is C48H32N4O. The second kappa shape index (κ2) is 11.1. The highest BCUT2D eigenvalue weighted by Crippen LogP contribution is 2.49. The zero-order valence-electron chi connectivity index (χ0n) is 29.2. The van der Waals surface area contributed by atoms with Gasteiger partial charge in [-0.15, -0.1) is 0 Å². The van der Waals surface area contributed by atoms with Crippen molar-refractivity contribution in [1.29, 1.82) is 0 Å². The van der Waals surface area contributed by atoms with Crippen LogP contribution in [0, 0.1) is 0 Å². The summed E-state index contributed by atoms with van der Waals surface area (Å²) in [6.07, 6.45) is 0. The molecule has 250 valence electrons. The van der Waals surface area contributed by atoms with Gasteiger partial charge in [-0.1, -0.05) is 135 Å². The van der Waals surface area contributed by atoms with Crippen molar-refractivity contribution >= 4 is 43.7 Å². The van der Waals surface area contributed by atoms with Crippen molar-refractivity contribution in [3.05, 3.63) is 169 Å². The summed E-state index contributed by atoms with van der Waals surface area (Å²) in [6.45, 7) is 4.70. The van der Waals surface area contributed by atoms with E-state index in [0.717, 1.165) is 49.8 Å². The molecule has 0 radical (unpaired) electrons. The second-order valence-electron chi connectivity index (χ2n) is 14.4. The van der Waals surface area contributed by atoms with Crippen LogP contribution in [-0.4, -0.2) is 19.5 Å². The molecule has 3 aromatic heterocycles. The van der Waals surface area contributed by atoms with Crippen LogP contribution in [0.3, 0.4) is 0 Å². The molecule has 0 bridgehead atoms. The van der Waals surface area contributed by atoms with Gasteiger partial charge in [0.2, 0.25) is 0 Å². The third-order valence-electron chi connectivity index (χ3n) is 11.0. The summed E-state index contributed by atoms with van der Waals surface area (Å²) in [5, 5.41) is 4.64. The summed E-state index contributed by atoms with van der Waals surface area (Å²) >= 11 is 0. The van der Waals surface area contributed by atoms with Gasteiger partial charge in [0.05, 0.1) is 16.7 Å². The molecule has 11 rings (SSSR count). The van der Waals surface area contributed by atoms with Crippen LogP contribution in [0.15, 0.2) is 162 Å². The minimum atomic E-state index is -0.201. The minimum Gasteiger partial charge on any atom is -0.455 e. The Kier molecular flexibility index (Phi) is 6.23. The summed E-state index contributed by atoms with van der Waals surface area (Å²) in [6, 6.07) is 55.3. The Hall–Kier alpha value is -6.85. The van der Waals surface area contributed by atoms with Gasteiger partial charge in [-0.25, -0.2) is 15.0 Å². The van der Waals surface area contributed by atoms with Gasteiger partial charge in [0.15, 0.2) is 17.5 Å². The molecule has 53 heavy (non-hydrogen) atoms. The molecule has 7 aromatic carbocycles. The fourth-order valence-corrected chi connectivity index (χ4v) is 8.42. The van der Waals surface area contributed by atoms with E-state index in [-0.39, 0.29) is 5.41 Å². The number of para-hydroxylation sites is 3. The highest BCUT2D eigenvalue weighted by Gasteiger charge is 2.35. The van der Waals surface area contributed by atoms with Crippen LogP contribution in [0.25, 0.3) is 94.7 Å². The van der Waals surface area contributed by atoms with E-state index in [0.29, 0.717) is 17.5 Å². The van der Waals surface area contributed by atoms with Crippen LogP contribution in [0.5, 0.6) is 0 Å². The Morgan fingerprint density at radius 3 is 1.87 bits per heavy atom. The topological polar surface area (TPSA) is 56.7 Å². The monoisotopic (exact) mass is 680 g/mol. The molecule has 0 unspecified atom stereocenters. The molecule has 4 heterocycles. The Morgan fingerprint density at radius 2 is 1.11 bits per heavy atom. The normalized spacial score (nSPS) is 13.2. The number of nitrogens with zero attached hydrogens (tertiary/aromatic N) is 4. The summed E-state index contributed by atoms with van der Waals surface area (Å²) in [4.78, 5) is 14.8. The van der Waals surface area contributed by atoms with Gasteiger partial charge in [0, 0.05) is 49.2 Å².